The molecule has 0 unspecified atom stereocenters. The second-order valence-electron chi connectivity index (χ2n) is 6.10. The van der Waals surface area contributed by atoms with E-state index in [0.717, 1.165) is 10.9 Å². The molecule has 5 N–H and O–H groups in total. The highest BCUT2D eigenvalue weighted by atomic mass is 16.3. The molecule has 0 aliphatic carbocycles. The minimum Gasteiger partial charge on any atom is -0.506 e. The lowest BCUT2D eigenvalue weighted by Gasteiger charge is -2.07. The maximum atomic E-state index is 12.5. The molecular weight excluding hydrogens is 344 g/mol. The molecule has 0 bridgehead atoms. The second kappa shape index (κ2) is 6.54. The molecule has 2 heterocycles. The first-order chi connectivity index (χ1) is 13.1. The van der Waals surface area contributed by atoms with Gasteiger partial charge < -0.3 is 21.5 Å². The minimum absolute atomic E-state index is 0.0795. The number of fused-ring (bicyclic) bond motifs is 2. The van der Waals surface area contributed by atoms with Crippen molar-refractivity contribution >= 4 is 45.7 Å². The summed E-state index contributed by atoms with van der Waals surface area (Å²) >= 11 is 0. The third-order valence-corrected chi connectivity index (χ3v) is 4.35. The average molecular weight is 360 g/mol. The van der Waals surface area contributed by atoms with Crippen LogP contribution in [0.4, 0.5) is 11.4 Å². The first-order valence-electron chi connectivity index (χ1n) is 8.31. The molecule has 2 aromatic carbocycles. The number of benzene rings is 2. The van der Waals surface area contributed by atoms with Gasteiger partial charge in [0.15, 0.2) is 0 Å². The van der Waals surface area contributed by atoms with Crippen LogP contribution in [0, 0.1) is 0 Å². The van der Waals surface area contributed by atoms with Gasteiger partial charge in [0.25, 0.3) is 5.91 Å². The molecule has 7 nitrogen and oxygen atoms in total. The molecule has 0 saturated heterocycles. The summed E-state index contributed by atoms with van der Waals surface area (Å²) in [4.78, 5) is 28.2. The van der Waals surface area contributed by atoms with Gasteiger partial charge >= 0.3 is 0 Å². The maximum Gasteiger partial charge on any atom is 0.256 e. The number of hydrogen-bond acceptors (Lipinski definition) is 5. The molecular formula is C20H16N4O3. The second-order valence-corrected chi connectivity index (χ2v) is 6.10. The summed E-state index contributed by atoms with van der Waals surface area (Å²) in [5.41, 5.74) is 8.92. The first-order valence-corrected chi connectivity index (χ1v) is 8.31. The lowest BCUT2D eigenvalue weighted by molar-refractivity contribution is -0.115. The fourth-order valence-electron chi connectivity index (χ4n) is 3.08. The number of phenols is 1. The fraction of sp³-hybridized carbons (Fsp3) is 0.0500. The molecule has 1 aromatic heterocycles. The summed E-state index contributed by atoms with van der Waals surface area (Å²) in [5, 5.41) is 16.2. The van der Waals surface area contributed by atoms with E-state index in [1.165, 1.54) is 0 Å². The summed E-state index contributed by atoms with van der Waals surface area (Å²) in [5.74, 6) is -0.471. The third kappa shape index (κ3) is 3.00. The fourth-order valence-corrected chi connectivity index (χ4v) is 3.08. The van der Waals surface area contributed by atoms with Crippen LogP contribution in [0.5, 0.6) is 5.75 Å². The van der Waals surface area contributed by atoms with Crippen LogP contribution in [0.2, 0.25) is 0 Å². The van der Waals surface area contributed by atoms with Crippen LogP contribution >= 0.6 is 0 Å². The van der Waals surface area contributed by atoms with Crippen LogP contribution in [0.15, 0.2) is 48.7 Å². The minimum atomic E-state index is -0.312. The Balaban J connectivity index is 1.82. The van der Waals surface area contributed by atoms with E-state index in [-0.39, 0.29) is 24.1 Å². The van der Waals surface area contributed by atoms with Gasteiger partial charge in [-0.15, -0.1) is 0 Å². The molecule has 7 heteroatoms. The Bertz CT molecular complexity index is 1120. The highest BCUT2D eigenvalue weighted by molar-refractivity contribution is 6.35. The number of nitrogens with zero attached hydrogens (tertiary/aromatic N) is 1. The van der Waals surface area contributed by atoms with Crippen molar-refractivity contribution in [1.82, 2.24) is 4.98 Å². The number of anilines is 2. The third-order valence-electron chi connectivity index (χ3n) is 4.35. The topological polar surface area (TPSA) is 117 Å². The number of rotatable bonds is 3. The Morgan fingerprint density at radius 3 is 2.93 bits per heavy atom. The summed E-state index contributed by atoms with van der Waals surface area (Å²) in [6.45, 7) is -0.122. The number of hydrogen-bond donors (Lipinski definition) is 4. The highest BCUT2D eigenvalue weighted by Gasteiger charge is 2.25. The van der Waals surface area contributed by atoms with Gasteiger partial charge in [-0.05, 0) is 42.0 Å². The predicted octanol–water partition coefficient (Wildman–Crippen LogP) is 2.33. The van der Waals surface area contributed by atoms with Crippen LogP contribution in [-0.4, -0.2) is 28.4 Å². The van der Waals surface area contributed by atoms with E-state index in [1.807, 2.05) is 6.07 Å². The van der Waals surface area contributed by atoms with Crippen LogP contribution in [0.1, 0.15) is 11.1 Å². The molecule has 27 heavy (non-hydrogen) atoms. The Kier molecular flexibility index (Phi) is 4.06. The standard InChI is InChI=1S/C20H16N4O3/c21-10-18(26)23-12-4-5-16-14(9-12)15(20(27)24-16)8-11-3-6-17(25)19-13(11)2-1-7-22-19/h1-9,25H,10,21H2,(H,23,26)(H,24,27). The lowest BCUT2D eigenvalue weighted by Crippen LogP contribution is -2.21. The molecule has 1 aliphatic heterocycles. The van der Waals surface area contributed by atoms with Crippen molar-refractivity contribution in [2.24, 2.45) is 5.73 Å². The Morgan fingerprint density at radius 2 is 2.11 bits per heavy atom. The number of nitrogens with one attached hydrogen (secondary N) is 2. The molecule has 0 saturated carbocycles. The normalized spacial score (nSPS) is 14.3. The van der Waals surface area contributed by atoms with Crippen molar-refractivity contribution in [3.63, 3.8) is 0 Å². The number of aromatic hydroxyl groups is 1. The van der Waals surface area contributed by atoms with Crippen molar-refractivity contribution in [3.8, 4) is 5.75 Å². The lowest BCUT2D eigenvalue weighted by atomic mass is 10.0. The van der Waals surface area contributed by atoms with Crippen molar-refractivity contribution in [2.75, 3.05) is 17.2 Å². The molecule has 0 atom stereocenters. The van der Waals surface area contributed by atoms with Gasteiger partial charge in [-0.1, -0.05) is 12.1 Å². The van der Waals surface area contributed by atoms with E-state index in [9.17, 15) is 14.7 Å². The molecule has 0 fully saturated rings. The summed E-state index contributed by atoms with van der Waals surface area (Å²) in [7, 11) is 0. The van der Waals surface area contributed by atoms with E-state index in [2.05, 4.69) is 15.6 Å². The van der Waals surface area contributed by atoms with Crippen molar-refractivity contribution in [2.45, 2.75) is 0 Å². The number of amides is 2. The van der Waals surface area contributed by atoms with Crippen LogP contribution in [-0.2, 0) is 9.59 Å². The predicted molar refractivity (Wildman–Crippen MR) is 104 cm³/mol. The maximum absolute atomic E-state index is 12.5. The zero-order valence-electron chi connectivity index (χ0n) is 14.2. The van der Waals surface area contributed by atoms with Gasteiger partial charge in [0, 0.05) is 34.1 Å². The van der Waals surface area contributed by atoms with E-state index in [4.69, 9.17) is 5.73 Å². The van der Waals surface area contributed by atoms with E-state index in [0.29, 0.717) is 28.0 Å². The Labute approximate surface area is 154 Å². The Hall–Kier alpha value is -3.71. The van der Waals surface area contributed by atoms with Crippen molar-refractivity contribution in [1.29, 1.82) is 0 Å². The molecule has 1 aliphatic rings. The van der Waals surface area contributed by atoms with Crippen molar-refractivity contribution in [3.05, 3.63) is 59.8 Å². The van der Waals surface area contributed by atoms with E-state index >= 15 is 0 Å². The summed E-state index contributed by atoms with van der Waals surface area (Å²) < 4.78 is 0. The summed E-state index contributed by atoms with van der Waals surface area (Å²) in [6, 6.07) is 12.1. The van der Waals surface area contributed by atoms with E-state index < -0.39 is 0 Å². The molecule has 4 rings (SSSR count). The molecule has 2 amide bonds. The molecule has 3 aromatic rings. The van der Waals surface area contributed by atoms with Gasteiger partial charge in [0.1, 0.15) is 11.3 Å². The average Bonchev–Trinajstić information content (AvgIpc) is 2.99. The monoisotopic (exact) mass is 360 g/mol. The zero-order chi connectivity index (χ0) is 19.0. The van der Waals surface area contributed by atoms with E-state index in [1.54, 1.807) is 48.7 Å². The SMILES string of the molecule is NCC(=O)Nc1ccc2c(c1)C(=Cc1ccc(O)c3ncccc13)C(=O)N2. The molecule has 0 spiro atoms. The van der Waals surface area contributed by atoms with Gasteiger partial charge in [-0.25, -0.2) is 0 Å². The number of phenolic OH excluding ortho intramolecular Hbond substituents is 1. The number of aromatic nitrogens is 1. The summed E-state index contributed by atoms with van der Waals surface area (Å²) in [6.07, 6.45) is 3.35. The first kappa shape index (κ1) is 16.7. The quantitative estimate of drug-likeness (QED) is 0.535. The number of nitrogens with two attached hydrogens (primary N) is 1. The molecule has 134 valence electrons. The molecule has 0 radical (unpaired) electrons. The van der Waals surface area contributed by atoms with Crippen molar-refractivity contribution < 1.29 is 14.7 Å². The van der Waals surface area contributed by atoms with Gasteiger partial charge in [0.2, 0.25) is 5.91 Å². The smallest absolute Gasteiger partial charge is 0.256 e. The zero-order valence-corrected chi connectivity index (χ0v) is 14.2. The number of pyridine rings is 1. The Morgan fingerprint density at radius 1 is 1.26 bits per heavy atom. The number of carbonyl (C=O) groups is 2. The van der Waals surface area contributed by atoms with Crippen LogP contribution < -0.4 is 16.4 Å². The highest BCUT2D eigenvalue weighted by Crippen LogP contribution is 2.36. The van der Waals surface area contributed by atoms with Crippen LogP contribution in [0.25, 0.3) is 22.6 Å². The van der Waals surface area contributed by atoms with Gasteiger partial charge in [-0.3, -0.25) is 14.6 Å². The van der Waals surface area contributed by atoms with Gasteiger partial charge in [0.05, 0.1) is 6.54 Å². The largest absolute Gasteiger partial charge is 0.506 e. The van der Waals surface area contributed by atoms with Gasteiger partial charge in [-0.2, -0.15) is 0 Å². The van der Waals surface area contributed by atoms with Crippen LogP contribution in [0.3, 0.4) is 0 Å². The number of carbonyl (C=O) groups excluding carboxylic acids is 2.